The Morgan fingerprint density at radius 2 is 2.29 bits per heavy atom. The first-order chi connectivity index (χ1) is 11.5. The lowest BCUT2D eigenvalue weighted by molar-refractivity contribution is -0.0589. The van der Waals surface area contributed by atoms with Crippen LogP contribution in [0.4, 0.5) is 8.78 Å². The molecule has 1 aliphatic heterocycles. The van der Waals surface area contributed by atoms with Crippen molar-refractivity contribution < 1.29 is 27.8 Å². The van der Waals surface area contributed by atoms with Crippen LogP contribution >= 0.6 is 11.6 Å². The zero-order valence-electron chi connectivity index (χ0n) is 12.8. The number of hydrogen-bond donors (Lipinski definition) is 0. The maximum absolute atomic E-state index is 12.7. The van der Waals surface area contributed by atoms with Crippen LogP contribution in [-0.2, 0) is 21.9 Å². The van der Waals surface area contributed by atoms with Gasteiger partial charge in [-0.1, -0.05) is 0 Å². The molecule has 0 amide bonds. The molecule has 24 heavy (non-hydrogen) atoms. The lowest BCUT2D eigenvalue weighted by Crippen LogP contribution is -2.31. The van der Waals surface area contributed by atoms with Gasteiger partial charge in [0.2, 0.25) is 0 Å². The van der Waals surface area contributed by atoms with E-state index in [9.17, 15) is 13.6 Å². The third kappa shape index (κ3) is 3.16. The highest BCUT2D eigenvalue weighted by molar-refractivity contribution is 6.17. The average Bonchev–Trinajstić information content (AvgIpc) is 2.87. The molecule has 2 aromatic rings. The summed E-state index contributed by atoms with van der Waals surface area (Å²) in [5.74, 6) is -0.273. The second kappa shape index (κ2) is 6.90. The largest absolute Gasteiger partial charge is 0.465 e. The van der Waals surface area contributed by atoms with Gasteiger partial charge in [0, 0.05) is 6.61 Å². The highest BCUT2D eigenvalue weighted by Crippen LogP contribution is 2.31. The first-order valence-corrected chi connectivity index (χ1v) is 7.80. The van der Waals surface area contributed by atoms with E-state index in [1.165, 1.54) is 19.2 Å². The molecule has 0 spiro atoms. The van der Waals surface area contributed by atoms with E-state index in [1.54, 1.807) is 4.57 Å². The molecule has 0 bridgehead atoms. The van der Waals surface area contributed by atoms with Gasteiger partial charge in [0.15, 0.2) is 5.75 Å². The van der Waals surface area contributed by atoms with E-state index in [4.69, 9.17) is 16.3 Å². The van der Waals surface area contributed by atoms with Crippen LogP contribution in [-0.4, -0.2) is 42.0 Å². The third-order valence-corrected chi connectivity index (χ3v) is 4.07. The van der Waals surface area contributed by atoms with E-state index in [0.29, 0.717) is 24.5 Å². The van der Waals surface area contributed by atoms with Crippen LogP contribution < -0.4 is 4.74 Å². The fourth-order valence-electron chi connectivity index (χ4n) is 2.60. The molecule has 0 radical (unpaired) electrons. The van der Waals surface area contributed by atoms with Crippen LogP contribution in [0.3, 0.4) is 0 Å². The maximum atomic E-state index is 12.7. The molecule has 9 heteroatoms. The first-order valence-electron chi connectivity index (χ1n) is 7.27. The number of hydrogen-bond acceptors (Lipinski definition) is 5. The summed E-state index contributed by atoms with van der Waals surface area (Å²) in [5, 5.41) is 0. The summed E-state index contributed by atoms with van der Waals surface area (Å²) in [6, 6.07) is 2.72. The lowest BCUT2D eigenvalue weighted by Gasteiger charge is -2.27. The Labute approximate surface area is 141 Å². The van der Waals surface area contributed by atoms with Crippen molar-refractivity contribution in [2.75, 3.05) is 13.7 Å². The molecule has 1 saturated heterocycles. The number of aromatic nitrogens is 2. The summed E-state index contributed by atoms with van der Waals surface area (Å²) < 4.78 is 41.8. The molecule has 6 nitrogen and oxygen atoms in total. The Balaban J connectivity index is 2.15. The summed E-state index contributed by atoms with van der Waals surface area (Å²) in [4.78, 5) is 16.1. The summed E-state index contributed by atoms with van der Waals surface area (Å²) in [7, 11) is 1.21. The molecule has 130 valence electrons. The number of esters is 1. The molecule has 0 unspecified atom stereocenters. The van der Waals surface area contributed by atoms with Gasteiger partial charge in [-0.2, -0.15) is 8.78 Å². The first kappa shape index (κ1) is 16.9. The highest BCUT2D eigenvalue weighted by Gasteiger charge is 2.24. The van der Waals surface area contributed by atoms with Crippen LogP contribution in [0.5, 0.6) is 5.75 Å². The number of nitrogens with zero attached hydrogens (tertiary/aromatic N) is 2. The van der Waals surface area contributed by atoms with E-state index in [-0.39, 0.29) is 28.8 Å². The zero-order chi connectivity index (χ0) is 17.3. The maximum Gasteiger partial charge on any atom is 0.387 e. The van der Waals surface area contributed by atoms with Gasteiger partial charge >= 0.3 is 12.6 Å². The number of alkyl halides is 3. The Kier molecular flexibility index (Phi) is 4.86. The topological polar surface area (TPSA) is 62.6 Å². The fourth-order valence-corrected chi connectivity index (χ4v) is 2.80. The van der Waals surface area contributed by atoms with Gasteiger partial charge in [-0.15, -0.1) is 11.6 Å². The molecule has 0 saturated carbocycles. The summed E-state index contributed by atoms with van der Waals surface area (Å²) in [5.41, 5.74) is 0.787. The second-order valence-corrected chi connectivity index (χ2v) is 5.53. The number of methoxy groups -OCH3 is 1. The SMILES string of the molecule is COC(=O)c1cc(OC(F)F)c2nc(CCl)n(C[C@@H]3CCO3)c2c1. The minimum Gasteiger partial charge on any atom is -0.465 e. The van der Waals surface area contributed by atoms with E-state index in [1.807, 2.05) is 0 Å². The van der Waals surface area contributed by atoms with Crippen LogP contribution in [0.25, 0.3) is 11.0 Å². The van der Waals surface area contributed by atoms with Crippen molar-refractivity contribution in [1.82, 2.24) is 9.55 Å². The van der Waals surface area contributed by atoms with Gasteiger partial charge in [0.05, 0.1) is 36.7 Å². The minimum absolute atomic E-state index is 0.00520. The lowest BCUT2D eigenvalue weighted by atomic mass is 10.1. The number of ether oxygens (including phenoxy) is 3. The molecule has 1 fully saturated rings. The van der Waals surface area contributed by atoms with Gasteiger partial charge in [-0.3, -0.25) is 0 Å². The van der Waals surface area contributed by atoms with Gasteiger partial charge < -0.3 is 18.8 Å². The molecule has 2 heterocycles. The number of carbonyl (C=O) groups excluding carboxylic acids is 1. The van der Waals surface area contributed by atoms with Crippen molar-refractivity contribution in [3.8, 4) is 5.75 Å². The van der Waals surface area contributed by atoms with E-state index < -0.39 is 12.6 Å². The summed E-state index contributed by atoms with van der Waals surface area (Å²) >= 11 is 5.93. The number of rotatable bonds is 6. The Morgan fingerprint density at radius 3 is 2.83 bits per heavy atom. The molecule has 0 aliphatic carbocycles. The van der Waals surface area contributed by atoms with Gasteiger partial charge in [-0.25, -0.2) is 9.78 Å². The Morgan fingerprint density at radius 1 is 1.54 bits per heavy atom. The van der Waals surface area contributed by atoms with Gasteiger partial charge in [-0.05, 0) is 18.6 Å². The number of fused-ring (bicyclic) bond motifs is 1. The molecule has 1 atom stereocenters. The second-order valence-electron chi connectivity index (χ2n) is 5.27. The zero-order valence-corrected chi connectivity index (χ0v) is 13.6. The van der Waals surface area contributed by atoms with E-state index in [2.05, 4.69) is 14.5 Å². The van der Waals surface area contributed by atoms with Gasteiger partial charge in [0.25, 0.3) is 0 Å². The molecular weight excluding hydrogens is 346 g/mol. The van der Waals surface area contributed by atoms with E-state index >= 15 is 0 Å². The Hall–Kier alpha value is -1.93. The number of carbonyl (C=O) groups is 1. The van der Waals surface area contributed by atoms with Crippen LogP contribution in [0.1, 0.15) is 22.6 Å². The van der Waals surface area contributed by atoms with Crippen molar-refractivity contribution in [2.45, 2.75) is 31.6 Å². The third-order valence-electron chi connectivity index (χ3n) is 3.83. The minimum atomic E-state index is -3.04. The van der Waals surface area contributed by atoms with Crippen molar-refractivity contribution in [3.63, 3.8) is 0 Å². The smallest absolute Gasteiger partial charge is 0.387 e. The van der Waals surface area contributed by atoms with Crippen LogP contribution in [0.2, 0.25) is 0 Å². The van der Waals surface area contributed by atoms with Crippen LogP contribution in [0, 0.1) is 0 Å². The van der Waals surface area contributed by atoms with Gasteiger partial charge in [0.1, 0.15) is 11.3 Å². The Bertz CT molecular complexity index is 762. The quantitative estimate of drug-likeness (QED) is 0.585. The van der Waals surface area contributed by atoms with Crippen molar-refractivity contribution >= 4 is 28.6 Å². The van der Waals surface area contributed by atoms with E-state index in [0.717, 1.165) is 6.42 Å². The standard InChI is InChI=1S/C15H15ClF2N2O4/c1-22-14(21)8-4-10-13(11(5-8)24-15(17)18)19-12(6-16)20(10)7-9-2-3-23-9/h4-5,9,15H,2-3,6-7H2,1H3/t9-/m0/s1. The van der Waals surface area contributed by atoms with Crippen LogP contribution in [0.15, 0.2) is 12.1 Å². The predicted molar refractivity (Wildman–Crippen MR) is 81.6 cm³/mol. The number of halogens is 3. The molecule has 1 aliphatic rings. The fraction of sp³-hybridized carbons (Fsp3) is 0.467. The molecule has 1 aromatic carbocycles. The summed E-state index contributed by atoms with van der Waals surface area (Å²) in [6.07, 6.45) is 0.893. The molecule has 1 aromatic heterocycles. The molecular formula is C15H15ClF2N2O4. The predicted octanol–water partition coefficient (Wildman–Crippen LogP) is 2.95. The number of imidazole rings is 1. The highest BCUT2D eigenvalue weighted by atomic mass is 35.5. The van der Waals surface area contributed by atoms with Crippen molar-refractivity contribution in [2.24, 2.45) is 0 Å². The molecule has 3 rings (SSSR count). The molecule has 0 N–H and O–H groups in total. The van der Waals surface area contributed by atoms with Crippen molar-refractivity contribution in [3.05, 3.63) is 23.5 Å². The summed E-state index contributed by atoms with van der Waals surface area (Å²) in [6.45, 7) is -1.89. The normalized spacial score (nSPS) is 17.1. The number of benzene rings is 1. The van der Waals surface area contributed by atoms with Crippen molar-refractivity contribution in [1.29, 1.82) is 0 Å². The monoisotopic (exact) mass is 360 g/mol. The average molecular weight is 361 g/mol.